The average molecular weight is 286 g/mol. The van der Waals surface area contributed by atoms with Crippen LogP contribution < -0.4 is 10.5 Å². The molecular weight excluding hydrogens is 272 g/mol. The molecule has 15 heavy (non-hydrogen) atoms. The molecule has 1 aliphatic heterocycles. The highest BCUT2D eigenvalue weighted by Crippen LogP contribution is 2.23. The van der Waals surface area contributed by atoms with Crippen LogP contribution >= 0.6 is 35.7 Å². The van der Waals surface area contributed by atoms with Gasteiger partial charge >= 0.3 is 0 Å². The molecule has 0 spiro atoms. The molecule has 1 aliphatic rings. The van der Waals surface area contributed by atoms with Crippen LogP contribution in [0.1, 0.15) is 0 Å². The first-order valence-corrected chi connectivity index (χ1v) is 8.71. The summed E-state index contributed by atoms with van der Waals surface area (Å²) < 4.78 is 25.3. The maximum absolute atomic E-state index is 11.4. The maximum Gasteiger partial charge on any atom is 0.218 e. The van der Waals surface area contributed by atoms with Gasteiger partial charge in [-0.2, -0.15) is 23.5 Å². The molecule has 0 aromatic rings. The molecule has 1 unspecified atom stereocenters. The van der Waals surface area contributed by atoms with Gasteiger partial charge in [-0.3, -0.25) is 0 Å². The zero-order valence-electron chi connectivity index (χ0n) is 8.14. The molecule has 1 heterocycles. The number of rotatable bonds is 5. The van der Waals surface area contributed by atoms with Gasteiger partial charge in [0.1, 0.15) is 5.75 Å². The van der Waals surface area contributed by atoms with Crippen molar-refractivity contribution in [2.24, 2.45) is 5.73 Å². The lowest BCUT2D eigenvalue weighted by Crippen LogP contribution is -2.37. The fourth-order valence-electron chi connectivity index (χ4n) is 1.11. The molecule has 88 valence electrons. The summed E-state index contributed by atoms with van der Waals surface area (Å²) in [5.74, 6) is 2.99. The Hall–Kier alpha value is 0.500. The summed E-state index contributed by atoms with van der Waals surface area (Å²) in [5, 5.41) is 0.366. The fourth-order valence-corrected chi connectivity index (χ4v) is 5.23. The predicted molar refractivity (Wildman–Crippen MR) is 72.1 cm³/mol. The minimum Gasteiger partial charge on any atom is -0.392 e. The Bertz CT molecular complexity index is 311. The van der Waals surface area contributed by atoms with E-state index in [-0.39, 0.29) is 10.7 Å². The minimum absolute atomic E-state index is 0.00757. The van der Waals surface area contributed by atoms with Crippen molar-refractivity contribution in [3.8, 4) is 0 Å². The Labute approximate surface area is 104 Å². The van der Waals surface area contributed by atoms with E-state index < -0.39 is 10.0 Å². The summed E-state index contributed by atoms with van der Waals surface area (Å²) in [6.45, 7) is 0.475. The summed E-state index contributed by atoms with van der Waals surface area (Å²) in [6.07, 6.45) is 0. The van der Waals surface area contributed by atoms with Crippen LogP contribution in [-0.2, 0) is 10.0 Å². The third-order valence-corrected chi connectivity index (χ3v) is 6.22. The largest absolute Gasteiger partial charge is 0.392 e. The Morgan fingerprint density at radius 1 is 1.53 bits per heavy atom. The van der Waals surface area contributed by atoms with E-state index in [9.17, 15) is 8.42 Å². The molecule has 0 saturated carbocycles. The van der Waals surface area contributed by atoms with Crippen molar-refractivity contribution in [1.29, 1.82) is 0 Å². The quantitative estimate of drug-likeness (QED) is 0.695. The van der Waals surface area contributed by atoms with Crippen molar-refractivity contribution in [2.75, 3.05) is 29.6 Å². The predicted octanol–water partition coefficient (Wildman–Crippen LogP) is 0.0405. The van der Waals surface area contributed by atoms with Gasteiger partial charge in [0.05, 0.1) is 4.99 Å². The third-order valence-electron chi connectivity index (χ3n) is 1.75. The molecule has 0 amide bonds. The molecule has 0 aliphatic carbocycles. The summed E-state index contributed by atoms with van der Waals surface area (Å²) in [7, 11) is -3.32. The van der Waals surface area contributed by atoms with E-state index >= 15 is 0 Å². The highest BCUT2D eigenvalue weighted by Gasteiger charge is 2.18. The molecule has 0 aromatic carbocycles. The highest BCUT2D eigenvalue weighted by atomic mass is 32.2. The van der Waals surface area contributed by atoms with Crippen LogP contribution in [0.5, 0.6) is 0 Å². The second-order valence-electron chi connectivity index (χ2n) is 3.14. The maximum atomic E-state index is 11.4. The van der Waals surface area contributed by atoms with Gasteiger partial charge in [-0.25, -0.2) is 13.1 Å². The fraction of sp³-hybridized carbons (Fsp3) is 0.857. The van der Waals surface area contributed by atoms with Gasteiger partial charge in [0.2, 0.25) is 10.0 Å². The van der Waals surface area contributed by atoms with E-state index in [4.69, 9.17) is 5.73 Å². The van der Waals surface area contributed by atoms with E-state index in [1.54, 1.807) is 0 Å². The molecule has 0 bridgehead atoms. The Morgan fingerprint density at radius 2 is 2.27 bits per heavy atom. The van der Waals surface area contributed by atoms with Gasteiger partial charge in [-0.1, -0.05) is 12.2 Å². The van der Waals surface area contributed by atoms with E-state index in [0.29, 0.717) is 11.8 Å². The highest BCUT2D eigenvalue weighted by molar-refractivity contribution is 8.06. The smallest absolute Gasteiger partial charge is 0.218 e. The van der Waals surface area contributed by atoms with Crippen LogP contribution in [0.25, 0.3) is 0 Å². The van der Waals surface area contributed by atoms with Gasteiger partial charge in [0.15, 0.2) is 0 Å². The van der Waals surface area contributed by atoms with Gasteiger partial charge < -0.3 is 5.73 Å². The normalized spacial score (nSPS) is 22.5. The Balaban J connectivity index is 2.31. The van der Waals surface area contributed by atoms with E-state index in [2.05, 4.69) is 16.9 Å². The van der Waals surface area contributed by atoms with Crippen molar-refractivity contribution in [3.05, 3.63) is 0 Å². The second kappa shape index (κ2) is 6.29. The number of nitrogens with two attached hydrogens (primary N) is 1. The number of hydrogen-bond donors (Lipinski definition) is 2. The Morgan fingerprint density at radius 3 is 2.80 bits per heavy atom. The summed E-state index contributed by atoms with van der Waals surface area (Å²) in [5.41, 5.74) is 5.19. The van der Waals surface area contributed by atoms with Crippen molar-refractivity contribution in [2.45, 2.75) is 5.25 Å². The average Bonchev–Trinajstić information content (AvgIpc) is 2.15. The standard InChI is InChI=1S/C7H14N2O2S4/c8-7(12)5-15(10,11)9-3-6-4-13-1-2-14-6/h6,9H,1-5H2,(H2,8,12). The number of sulfonamides is 1. The third kappa shape index (κ3) is 5.96. The number of hydrogen-bond acceptors (Lipinski definition) is 5. The molecule has 1 atom stereocenters. The molecular formula is C7H14N2O2S4. The van der Waals surface area contributed by atoms with Gasteiger partial charge in [0, 0.05) is 29.1 Å². The lowest BCUT2D eigenvalue weighted by molar-refractivity contribution is 0.585. The summed E-state index contributed by atoms with van der Waals surface area (Å²) in [4.78, 5) is 0.00757. The monoisotopic (exact) mass is 286 g/mol. The van der Waals surface area contributed by atoms with Crippen LogP contribution in [0.15, 0.2) is 0 Å². The van der Waals surface area contributed by atoms with Crippen LogP contribution in [-0.4, -0.2) is 48.2 Å². The molecule has 1 saturated heterocycles. The molecule has 3 N–H and O–H groups in total. The SMILES string of the molecule is NC(=S)CS(=O)(=O)NCC1CSCCS1. The lowest BCUT2D eigenvalue weighted by Gasteiger charge is -2.20. The van der Waals surface area contributed by atoms with Crippen LogP contribution in [0.4, 0.5) is 0 Å². The van der Waals surface area contributed by atoms with Crippen molar-refractivity contribution < 1.29 is 8.42 Å². The van der Waals surface area contributed by atoms with Gasteiger partial charge in [-0.15, -0.1) is 0 Å². The minimum atomic E-state index is -3.32. The number of thioether (sulfide) groups is 2. The zero-order chi connectivity index (χ0) is 11.3. The van der Waals surface area contributed by atoms with Crippen LogP contribution in [0.2, 0.25) is 0 Å². The first-order chi connectivity index (χ1) is 6.99. The summed E-state index contributed by atoms with van der Waals surface area (Å²) >= 11 is 8.24. The molecule has 0 aromatic heterocycles. The van der Waals surface area contributed by atoms with E-state index in [1.807, 2.05) is 23.5 Å². The molecule has 1 fully saturated rings. The van der Waals surface area contributed by atoms with E-state index in [0.717, 1.165) is 17.3 Å². The van der Waals surface area contributed by atoms with Crippen LogP contribution in [0.3, 0.4) is 0 Å². The number of nitrogens with one attached hydrogen (secondary N) is 1. The van der Waals surface area contributed by atoms with Gasteiger partial charge in [-0.05, 0) is 0 Å². The molecule has 1 rings (SSSR count). The molecule has 4 nitrogen and oxygen atoms in total. The first-order valence-electron chi connectivity index (χ1n) is 4.44. The van der Waals surface area contributed by atoms with Gasteiger partial charge in [0.25, 0.3) is 0 Å². The van der Waals surface area contributed by atoms with Crippen molar-refractivity contribution >= 4 is 50.8 Å². The molecule has 8 heteroatoms. The topological polar surface area (TPSA) is 72.2 Å². The lowest BCUT2D eigenvalue weighted by atomic mass is 10.5. The second-order valence-corrected chi connectivity index (χ2v) is 8.03. The first kappa shape index (κ1) is 13.6. The molecule has 0 radical (unpaired) electrons. The van der Waals surface area contributed by atoms with Crippen molar-refractivity contribution in [3.63, 3.8) is 0 Å². The van der Waals surface area contributed by atoms with E-state index in [1.165, 1.54) is 0 Å². The van der Waals surface area contributed by atoms with Crippen molar-refractivity contribution in [1.82, 2.24) is 4.72 Å². The number of thiocarbonyl (C=S) groups is 1. The van der Waals surface area contributed by atoms with Crippen LogP contribution in [0, 0.1) is 0 Å². The summed E-state index contributed by atoms with van der Waals surface area (Å²) in [6, 6.07) is 0. The zero-order valence-corrected chi connectivity index (χ0v) is 11.4. The Kier molecular flexibility index (Phi) is 5.69.